The maximum absolute atomic E-state index is 12.2. The molecule has 0 radical (unpaired) electrons. The number of aryl methyl sites for hydroxylation is 3. The van der Waals surface area contributed by atoms with E-state index in [0.29, 0.717) is 6.42 Å². The molecule has 110 valence electrons. The number of rotatable bonds is 4. The van der Waals surface area contributed by atoms with Crippen molar-refractivity contribution in [2.45, 2.75) is 27.2 Å². The first-order valence-electron chi connectivity index (χ1n) is 7.00. The molecule has 2 aromatic carbocycles. The van der Waals surface area contributed by atoms with Crippen molar-refractivity contribution < 1.29 is 9.53 Å². The minimum atomic E-state index is -0.00443. The molecule has 2 rings (SSSR count). The van der Waals surface area contributed by atoms with Gasteiger partial charge in [-0.3, -0.25) is 4.79 Å². The van der Waals surface area contributed by atoms with E-state index in [4.69, 9.17) is 4.74 Å². The van der Waals surface area contributed by atoms with E-state index in [9.17, 15) is 4.79 Å². The third-order valence-electron chi connectivity index (χ3n) is 3.47. The number of nitrogens with one attached hydrogen (secondary N) is 1. The molecule has 3 heteroatoms. The molecule has 0 saturated carbocycles. The standard InChI is InChI=1S/C18H21NO2/c1-12-9-13(2)18(14(3)10-12)19-17(20)11-15-5-7-16(21-4)8-6-15/h5-10H,11H2,1-4H3,(H,19,20). The van der Waals surface area contributed by atoms with Gasteiger partial charge in [0.2, 0.25) is 5.91 Å². The average Bonchev–Trinajstić information content (AvgIpc) is 2.43. The molecule has 0 saturated heterocycles. The molecule has 0 aliphatic heterocycles. The van der Waals surface area contributed by atoms with E-state index in [1.807, 2.05) is 38.1 Å². The van der Waals surface area contributed by atoms with E-state index in [1.165, 1.54) is 5.56 Å². The number of amides is 1. The summed E-state index contributed by atoms with van der Waals surface area (Å²) in [6, 6.07) is 11.7. The monoisotopic (exact) mass is 283 g/mol. The Morgan fingerprint density at radius 3 is 2.14 bits per heavy atom. The predicted octanol–water partition coefficient (Wildman–Crippen LogP) is 3.80. The summed E-state index contributed by atoms with van der Waals surface area (Å²) >= 11 is 0. The first-order valence-corrected chi connectivity index (χ1v) is 7.00. The summed E-state index contributed by atoms with van der Waals surface area (Å²) in [5.74, 6) is 0.791. The van der Waals surface area contributed by atoms with E-state index in [1.54, 1.807) is 7.11 Å². The van der Waals surface area contributed by atoms with E-state index in [2.05, 4.69) is 24.4 Å². The van der Waals surface area contributed by atoms with Crippen LogP contribution in [0.3, 0.4) is 0 Å². The van der Waals surface area contributed by atoms with Gasteiger partial charge in [-0.05, 0) is 49.6 Å². The lowest BCUT2D eigenvalue weighted by atomic mass is 10.0. The Morgan fingerprint density at radius 1 is 1.05 bits per heavy atom. The number of ether oxygens (including phenoxy) is 1. The zero-order valence-corrected chi connectivity index (χ0v) is 13.0. The van der Waals surface area contributed by atoms with Gasteiger partial charge in [-0.2, -0.15) is 0 Å². The fourth-order valence-corrected chi connectivity index (χ4v) is 2.49. The van der Waals surface area contributed by atoms with Crippen LogP contribution in [0.4, 0.5) is 5.69 Å². The van der Waals surface area contributed by atoms with Crippen LogP contribution < -0.4 is 10.1 Å². The molecule has 0 aliphatic rings. The van der Waals surface area contributed by atoms with Crippen molar-refractivity contribution in [2.24, 2.45) is 0 Å². The molecule has 0 spiro atoms. The van der Waals surface area contributed by atoms with Crippen LogP contribution in [0.1, 0.15) is 22.3 Å². The van der Waals surface area contributed by atoms with E-state index >= 15 is 0 Å². The number of hydrogen-bond acceptors (Lipinski definition) is 2. The quantitative estimate of drug-likeness (QED) is 0.926. The Kier molecular flexibility index (Phi) is 4.63. The van der Waals surface area contributed by atoms with Crippen molar-refractivity contribution in [2.75, 3.05) is 12.4 Å². The smallest absolute Gasteiger partial charge is 0.228 e. The highest BCUT2D eigenvalue weighted by molar-refractivity contribution is 5.93. The summed E-state index contributed by atoms with van der Waals surface area (Å²) in [6.07, 6.45) is 0.358. The molecule has 0 bridgehead atoms. The highest BCUT2D eigenvalue weighted by atomic mass is 16.5. The number of benzene rings is 2. The van der Waals surface area contributed by atoms with Crippen LogP contribution in [-0.4, -0.2) is 13.0 Å². The van der Waals surface area contributed by atoms with E-state index < -0.39 is 0 Å². The molecule has 1 amide bonds. The Bertz CT molecular complexity index is 622. The van der Waals surface area contributed by atoms with Crippen LogP contribution in [0.5, 0.6) is 5.75 Å². The number of anilines is 1. The van der Waals surface area contributed by atoms with Crippen LogP contribution in [0.15, 0.2) is 36.4 Å². The lowest BCUT2D eigenvalue weighted by Crippen LogP contribution is -2.16. The van der Waals surface area contributed by atoms with Crippen molar-refractivity contribution in [1.29, 1.82) is 0 Å². The summed E-state index contributed by atoms with van der Waals surface area (Å²) in [5.41, 5.74) is 5.28. The van der Waals surface area contributed by atoms with Gasteiger partial charge < -0.3 is 10.1 Å². The van der Waals surface area contributed by atoms with E-state index in [-0.39, 0.29) is 5.91 Å². The Morgan fingerprint density at radius 2 is 1.62 bits per heavy atom. The molecule has 0 aliphatic carbocycles. The molecule has 21 heavy (non-hydrogen) atoms. The fraction of sp³-hybridized carbons (Fsp3) is 0.278. The van der Waals surface area contributed by atoms with Gasteiger partial charge >= 0.3 is 0 Å². The Hall–Kier alpha value is -2.29. The summed E-state index contributed by atoms with van der Waals surface area (Å²) in [5, 5.41) is 3.01. The van der Waals surface area contributed by atoms with Gasteiger partial charge in [-0.1, -0.05) is 29.8 Å². The topological polar surface area (TPSA) is 38.3 Å². The van der Waals surface area contributed by atoms with Gasteiger partial charge in [0.1, 0.15) is 5.75 Å². The molecule has 3 nitrogen and oxygen atoms in total. The van der Waals surface area contributed by atoms with Crippen LogP contribution in [-0.2, 0) is 11.2 Å². The van der Waals surface area contributed by atoms with Gasteiger partial charge in [0.15, 0.2) is 0 Å². The highest BCUT2D eigenvalue weighted by Crippen LogP contribution is 2.22. The number of methoxy groups -OCH3 is 1. The zero-order valence-electron chi connectivity index (χ0n) is 13.0. The number of carbonyl (C=O) groups is 1. The minimum absolute atomic E-state index is 0.00443. The van der Waals surface area contributed by atoms with E-state index in [0.717, 1.165) is 28.1 Å². The first kappa shape index (κ1) is 15.1. The maximum Gasteiger partial charge on any atom is 0.228 e. The third-order valence-corrected chi connectivity index (χ3v) is 3.47. The van der Waals surface area contributed by atoms with Crippen molar-refractivity contribution in [3.8, 4) is 5.75 Å². The van der Waals surface area contributed by atoms with Gasteiger partial charge in [-0.15, -0.1) is 0 Å². The summed E-state index contributed by atoms with van der Waals surface area (Å²) in [7, 11) is 1.63. The van der Waals surface area contributed by atoms with Crippen molar-refractivity contribution in [1.82, 2.24) is 0 Å². The molecular weight excluding hydrogens is 262 g/mol. The second kappa shape index (κ2) is 6.44. The normalized spacial score (nSPS) is 10.3. The number of carbonyl (C=O) groups excluding carboxylic acids is 1. The molecule has 0 fully saturated rings. The average molecular weight is 283 g/mol. The molecule has 0 unspecified atom stereocenters. The van der Waals surface area contributed by atoms with Crippen molar-refractivity contribution >= 4 is 11.6 Å². The summed E-state index contributed by atoms with van der Waals surface area (Å²) in [4.78, 5) is 12.2. The molecule has 1 N–H and O–H groups in total. The highest BCUT2D eigenvalue weighted by Gasteiger charge is 2.09. The first-order chi connectivity index (χ1) is 9.99. The fourth-order valence-electron chi connectivity index (χ4n) is 2.49. The third kappa shape index (κ3) is 3.85. The molecular formula is C18H21NO2. The van der Waals surface area contributed by atoms with Gasteiger partial charge in [0, 0.05) is 5.69 Å². The van der Waals surface area contributed by atoms with Gasteiger partial charge in [0.25, 0.3) is 0 Å². The van der Waals surface area contributed by atoms with Crippen LogP contribution in [0.25, 0.3) is 0 Å². The molecule has 2 aromatic rings. The largest absolute Gasteiger partial charge is 0.497 e. The molecule has 0 heterocycles. The van der Waals surface area contributed by atoms with Gasteiger partial charge in [0.05, 0.1) is 13.5 Å². The van der Waals surface area contributed by atoms with Crippen molar-refractivity contribution in [3.05, 3.63) is 58.7 Å². The SMILES string of the molecule is COc1ccc(CC(=O)Nc2c(C)cc(C)cc2C)cc1. The lowest BCUT2D eigenvalue weighted by Gasteiger charge is -2.13. The summed E-state index contributed by atoms with van der Waals surface area (Å²) in [6.45, 7) is 6.09. The Labute approximate surface area is 126 Å². The second-order valence-corrected chi connectivity index (χ2v) is 5.35. The predicted molar refractivity (Wildman–Crippen MR) is 86.0 cm³/mol. The Balaban J connectivity index is 2.08. The van der Waals surface area contributed by atoms with Crippen LogP contribution in [0, 0.1) is 20.8 Å². The van der Waals surface area contributed by atoms with Gasteiger partial charge in [-0.25, -0.2) is 0 Å². The maximum atomic E-state index is 12.2. The lowest BCUT2D eigenvalue weighted by molar-refractivity contribution is -0.115. The summed E-state index contributed by atoms with van der Waals surface area (Å²) < 4.78 is 5.11. The van der Waals surface area contributed by atoms with Crippen LogP contribution in [0.2, 0.25) is 0 Å². The van der Waals surface area contributed by atoms with Crippen LogP contribution >= 0.6 is 0 Å². The molecule has 0 aromatic heterocycles. The second-order valence-electron chi connectivity index (χ2n) is 5.35. The molecule has 0 atom stereocenters. The number of hydrogen-bond donors (Lipinski definition) is 1. The zero-order chi connectivity index (χ0) is 15.4. The minimum Gasteiger partial charge on any atom is -0.497 e. The van der Waals surface area contributed by atoms with Crippen molar-refractivity contribution in [3.63, 3.8) is 0 Å².